The molecule has 0 aromatic heterocycles. The summed E-state index contributed by atoms with van der Waals surface area (Å²) in [6, 6.07) is 5.81. The van der Waals surface area contributed by atoms with Crippen LogP contribution in [-0.4, -0.2) is 12.2 Å². The van der Waals surface area contributed by atoms with E-state index in [0.29, 0.717) is 5.75 Å². The molecule has 2 N–H and O–H groups in total. The first-order chi connectivity index (χ1) is 6.29. The van der Waals surface area contributed by atoms with Crippen LogP contribution in [0.4, 0.5) is 5.69 Å². The minimum absolute atomic E-state index is 0.429. The lowest BCUT2D eigenvalue weighted by Gasteiger charge is -2.05. The van der Waals surface area contributed by atoms with Crippen molar-refractivity contribution in [2.24, 2.45) is 5.92 Å². The number of benzene rings is 1. The van der Waals surface area contributed by atoms with E-state index >= 15 is 0 Å². The molecule has 2 rings (SSSR count). The highest BCUT2D eigenvalue weighted by Crippen LogP contribution is 2.35. The van der Waals surface area contributed by atoms with Gasteiger partial charge in [0.1, 0.15) is 5.75 Å². The number of aromatic hydroxyl groups is 1. The highest BCUT2D eigenvalue weighted by molar-refractivity contribution is 5.51. The lowest BCUT2D eigenvalue weighted by atomic mass is 10.1. The van der Waals surface area contributed by atoms with Crippen LogP contribution < -0.4 is 5.32 Å². The standard InChI is InChI=1S/C11H15NO/c1-12-10-5-4-9(11(13)7-10)6-8-2-3-8/h4-5,7-8,12-13H,2-3,6H2,1H3. The predicted octanol–water partition coefficient (Wildman–Crippen LogP) is 2.39. The predicted molar refractivity (Wildman–Crippen MR) is 54.1 cm³/mol. The van der Waals surface area contributed by atoms with Crippen molar-refractivity contribution in [3.8, 4) is 5.75 Å². The van der Waals surface area contributed by atoms with Crippen molar-refractivity contribution in [3.05, 3.63) is 23.8 Å². The Morgan fingerprint density at radius 1 is 1.46 bits per heavy atom. The van der Waals surface area contributed by atoms with Crippen LogP contribution in [-0.2, 0) is 6.42 Å². The van der Waals surface area contributed by atoms with Crippen molar-refractivity contribution in [2.75, 3.05) is 12.4 Å². The van der Waals surface area contributed by atoms with Crippen molar-refractivity contribution < 1.29 is 5.11 Å². The summed E-state index contributed by atoms with van der Waals surface area (Å²) in [4.78, 5) is 0. The van der Waals surface area contributed by atoms with Gasteiger partial charge < -0.3 is 10.4 Å². The third kappa shape index (κ3) is 1.94. The summed E-state index contributed by atoms with van der Waals surface area (Å²) in [5.74, 6) is 1.25. The Kier molecular flexibility index (Phi) is 2.13. The van der Waals surface area contributed by atoms with Gasteiger partial charge in [-0.3, -0.25) is 0 Å². The van der Waals surface area contributed by atoms with Gasteiger partial charge in [-0.1, -0.05) is 6.07 Å². The fourth-order valence-corrected chi connectivity index (χ4v) is 1.52. The zero-order valence-corrected chi connectivity index (χ0v) is 7.88. The molecule has 0 amide bonds. The SMILES string of the molecule is CNc1ccc(CC2CC2)c(O)c1. The van der Waals surface area contributed by atoms with Crippen molar-refractivity contribution in [3.63, 3.8) is 0 Å². The van der Waals surface area contributed by atoms with E-state index in [0.717, 1.165) is 23.6 Å². The molecule has 0 heterocycles. The van der Waals surface area contributed by atoms with Gasteiger partial charge in [0.05, 0.1) is 0 Å². The zero-order valence-electron chi connectivity index (χ0n) is 7.88. The summed E-state index contributed by atoms with van der Waals surface area (Å²) >= 11 is 0. The second kappa shape index (κ2) is 3.29. The number of anilines is 1. The molecule has 13 heavy (non-hydrogen) atoms. The van der Waals surface area contributed by atoms with Gasteiger partial charge in [-0.15, -0.1) is 0 Å². The van der Waals surface area contributed by atoms with E-state index in [2.05, 4.69) is 5.32 Å². The van der Waals surface area contributed by atoms with Crippen LogP contribution in [0.3, 0.4) is 0 Å². The number of hydrogen-bond donors (Lipinski definition) is 2. The Morgan fingerprint density at radius 3 is 2.77 bits per heavy atom. The van der Waals surface area contributed by atoms with Crippen LogP contribution in [0.25, 0.3) is 0 Å². The molecule has 0 spiro atoms. The average Bonchev–Trinajstić information content (AvgIpc) is 2.92. The maximum absolute atomic E-state index is 9.66. The molecular formula is C11H15NO. The largest absolute Gasteiger partial charge is 0.508 e. The fraction of sp³-hybridized carbons (Fsp3) is 0.455. The normalized spacial score (nSPS) is 15.8. The van der Waals surface area contributed by atoms with Gasteiger partial charge in [0.25, 0.3) is 0 Å². The molecule has 0 radical (unpaired) electrons. The molecular weight excluding hydrogens is 162 g/mol. The number of nitrogens with one attached hydrogen (secondary N) is 1. The van der Waals surface area contributed by atoms with Crippen molar-refractivity contribution in [1.82, 2.24) is 0 Å². The average molecular weight is 177 g/mol. The lowest BCUT2D eigenvalue weighted by Crippen LogP contribution is -1.91. The van der Waals surface area contributed by atoms with Gasteiger partial charge in [0.2, 0.25) is 0 Å². The third-order valence-corrected chi connectivity index (χ3v) is 2.58. The smallest absolute Gasteiger partial charge is 0.120 e. The fourth-order valence-electron chi connectivity index (χ4n) is 1.52. The second-order valence-electron chi connectivity index (χ2n) is 3.74. The maximum Gasteiger partial charge on any atom is 0.120 e. The Labute approximate surface area is 78.6 Å². The minimum atomic E-state index is 0.429. The number of rotatable bonds is 3. The lowest BCUT2D eigenvalue weighted by molar-refractivity contribution is 0.466. The summed E-state index contributed by atoms with van der Waals surface area (Å²) < 4.78 is 0. The van der Waals surface area contributed by atoms with Crippen LogP contribution in [0.2, 0.25) is 0 Å². The van der Waals surface area contributed by atoms with Crippen LogP contribution in [0.1, 0.15) is 18.4 Å². The van der Waals surface area contributed by atoms with Gasteiger partial charge in [0, 0.05) is 18.8 Å². The number of hydrogen-bond acceptors (Lipinski definition) is 2. The molecule has 1 aromatic carbocycles. The Hall–Kier alpha value is -1.18. The third-order valence-electron chi connectivity index (χ3n) is 2.58. The summed E-state index contributed by atoms with van der Waals surface area (Å²) in [5, 5.41) is 12.7. The van der Waals surface area contributed by atoms with Gasteiger partial charge in [-0.05, 0) is 36.8 Å². The van der Waals surface area contributed by atoms with Crippen LogP contribution in [0, 0.1) is 5.92 Å². The Bertz CT molecular complexity index is 305. The van der Waals surface area contributed by atoms with Crippen LogP contribution in [0.5, 0.6) is 5.75 Å². The van der Waals surface area contributed by atoms with Gasteiger partial charge in [-0.2, -0.15) is 0 Å². The molecule has 1 aliphatic rings. The number of phenolic OH excluding ortho intramolecular Hbond substituents is 1. The summed E-state index contributed by atoms with van der Waals surface area (Å²) in [5.41, 5.74) is 2.05. The van der Waals surface area contributed by atoms with E-state index in [9.17, 15) is 5.11 Å². The Morgan fingerprint density at radius 2 is 2.23 bits per heavy atom. The molecule has 0 atom stereocenters. The topological polar surface area (TPSA) is 32.3 Å². The number of phenols is 1. The van der Waals surface area contributed by atoms with Crippen molar-refractivity contribution >= 4 is 5.69 Å². The first-order valence-electron chi connectivity index (χ1n) is 4.79. The van der Waals surface area contributed by atoms with Crippen molar-refractivity contribution in [1.29, 1.82) is 0 Å². The zero-order chi connectivity index (χ0) is 9.26. The molecule has 1 aliphatic carbocycles. The molecule has 2 nitrogen and oxygen atoms in total. The maximum atomic E-state index is 9.66. The van der Waals surface area contributed by atoms with E-state index in [1.165, 1.54) is 12.8 Å². The van der Waals surface area contributed by atoms with E-state index in [4.69, 9.17) is 0 Å². The van der Waals surface area contributed by atoms with Gasteiger partial charge in [0.15, 0.2) is 0 Å². The Balaban J connectivity index is 2.15. The van der Waals surface area contributed by atoms with Crippen LogP contribution in [0.15, 0.2) is 18.2 Å². The van der Waals surface area contributed by atoms with E-state index < -0.39 is 0 Å². The molecule has 0 bridgehead atoms. The minimum Gasteiger partial charge on any atom is -0.508 e. The second-order valence-corrected chi connectivity index (χ2v) is 3.74. The van der Waals surface area contributed by atoms with Gasteiger partial charge in [-0.25, -0.2) is 0 Å². The monoisotopic (exact) mass is 177 g/mol. The van der Waals surface area contributed by atoms with E-state index in [-0.39, 0.29) is 0 Å². The molecule has 0 aliphatic heterocycles. The summed E-state index contributed by atoms with van der Waals surface area (Å²) in [6.07, 6.45) is 3.69. The molecule has 1 saturated carbocycles. The van der Waals surface area contributed by atoms with E-state index in [1.54, 1.807) is 6.07 Å². The molecule has 0 unspecified atom stereocenters. The highest BCUT2D eigenvalue weighted by Gasteiger charge is 2.22. The molecule has 0 saturated heterocycles. The van der Waals surface area contributed by atoms with E-state index in [1.807, 2.05) is 19.2 Å². The molecule has 1 fully saturated rings. The molecule has 1 aromatic rings. The van der Waals surface area contributed by atoms with Crippen molar-refractivity contribution in [2.45, 2.75) is 19.3 Å². The summed E-state index contributed by atoms with van der Waals surface area (Å²) in [7, 11) is 1.86. The van der Waals surface area contributed by atoms with Gasteiger partial charge >= 0.3 is 0 Å². The first-order valence-corrected chi connectivity index (χ1v) is 4.79. The first kappa shape index (κ1) is 8.42. The highest BCUT2D eigenvalue weighted by atomic mass is 16.3. The van der Waals surface area contributed by atoms with Crippen LogP contribution >= 0.6 is 0 Å². The molecule has 2 heteroatoms. The summed E-state index contributed by atoms with van der Waals surface area (Å²) in [6.45, 7) is 0. The quantitative estimate of drug-likeness (QED) is 0.743. The molecule has 70 valence electrons.